The first kappa shape index (κ1) is 12.0. The molecule has 1 fully saturated rings. The van der Waals surface area contributed by atoms with Crippen LogP contribution in [-0.2, 0) is 9.53 Å². The van der Waals surface area contributed by atoms with Crippen LogP contribution in [0, 0.1) is 6.92 Å². The number of ether oxygens (including phenoxy) is 1. The van der Waals surface area contributed by atoms with Gasteiger partial charge in [-0.05, 0) is 25.0 Å². The monoisotopic (exact) mass is 235 g/mol. The predicted molar refractivity (Wildman–Crippen MR) is 64.8 cm³/mol. The first-order chi connectivity index (χ1) is 8.20. The number of anilines is 1. The van der Waals surface area contributed by atoms with E-state index >= 15 is 0 Å². The first-order valence-electron chi connectivity index (χ1n) is 5.68. The maximum Gasteiger partial charge on any atom is 0.241 e. The van der Waals surface area contributed by atoms with Crippen molar-refractivity contribution in [3.05, 3.63) is 24.0 Å². The molecule has 2 rings (SSSR count). The van der Waals surface area contributed by atoms with Crippen molar-refractivity contribution in [2.24, 2.45) is 0 Å². The van der Waals surface area contributed by atoms with E-state index in [1.165, 1.54) is 0 Å². The third-order valence-corrected chi connectivity index (χ3v) is 3.04. The molecule has 5 nitrogen and oxygen atoms in total. The molecule has 1 amide bonds. The number of hydrogen-bond donors (Lipinski definition) is 2. The molecule has 5 heteroatoms. The van der Waals surface area contributed by atoms with Crippen molar-refractivity contribution in [2.75, 3.05) is 19.0 Å². The third kappa shape index (κ3) is 2.81. The molecule has 2 atom stereocenters. The molecular formula is C12H17N3O2. The van der Waals surface area contributed by atoms with Gasteiger partial charge in [0.25, 0.3) is 0 Å². The molecule has 0 saturated carbocycles. The second-order valence-corrected chi connectivity index (χ2v) is 4.23. The lowest BCUT2D eigenvalue weighted by molar-refractivity contribution is -0.118. The lowest BCUT2D eigenvalue weighted by Crippen LogP contribution is -2.35. The molecule has 17 heavy (non-hydrogen) atoms. The molecule has 2 unspecified atom stereocenters. The zero-order valence-corrected chi connectivity index (χ0v) is 10.1. The second-order valence-electron chi connectivity index (χ2n) is 4.23. The number of nitrogens with zero attached hydrogens (tertiary/aromatic N) is 1. The van der Waals surface area contributed by atoms with E-state index in [4.69, 9.17) is 4.74 Å². The molecule has 0 aromatic carbocycles. The van der Waals surface area contributed by atoms with E-state index < -0.39 is 0 Å². The van der Waals surface area contributed by atoms with E-state index in [2.05, 4.69) is 15.6 Å². The molecule has 1 aromatic heterocycles. The molecule has 1 aliphatic heterocycles. The molecule has 1 aromatic rings. The van der Waals surface area contributed by atoms with Crippen LogP contribution in [-0.4, -0.2) is 36.7 Å². The third-order valence-electron chi connectivity index (χ3n) is 3.04. The fourth-order valence-corrected chi connectivity index (χ4v) is 1.90. The Balaban J connectivity index is 1.96. The fraction of sp³-hybridized carbons (Fsp3) is 0.500. The van der Waals surface area contributed by atoms with Crippen LogP contribution in [0.15, 0.2) is 18.5 Å². The van der Waals surface area contributed by atoms with Crippen molar-refractivity contribution >= 4 is 11.6 Å². The van der Waals surface area contributed by atoms with E-state index in [1.807, 2.05) is 13.0 Å². The standard InChI is InChI=1S/C12H17N3O2/c1-8-3-4-13-7-11(8)15-12(16)10-5-9(17-2)6-14-10/h3-4,7,9-10,14H,5-6H2,1-2H3,(H,15,16). The molecular weight excluding hydrogens is 218 g/mol. The van der Waals surface area contributed by atoms with Gasteiger partial charge in [-0.2, -0.15) is 0 Å². The highest BCUT2D eigenvalue weighted by atomic mass is 16.5. The highest BCUT2D eigenvalue weighted by molar-refractivity contribution is 5.95. The molecule has 2 heterocycles. The molecule has 92 valence electrons. The molecule has 0 bridgehead atoms. The SMILES string of the molecule is COC1CNC(C(=O)Nc2cnccc2C)C1. The zero-order valence-electron chi connectivity index (χ0n) is 10.1. The summed E-state index contributed by atoms with van der Waals surface area (Å²) in [6.07, 6.45) is 4.21. The molecule has 0 spiro atoms. The van der Waals surface area contributed by atoms with Crippen LogP contribution in [0.4, 0.5) is 5.69 Å². The van der Waals surface area contributed by atoms with Crippen molar-refractivity contribution in [1.29, 1.82) is 0 Å². The van der Waals surface area contributed by atoms with Gasteiger partial charge in [0.05, 0.1) is 24.0 Å². The van der Waals surface area contributed by atoms with Crippen LogP contribution < -0.4 is 10.6 Å². The van der Waals surface area contributed by atoms with E-state index in [0.29, 0.717) is 6.42 Å². The Morgan fingerprint density at radius 1 is 1.65 bits per heavy atom. The zero-order chi connectivity index (χ0) is 12.3. The van der Waals surface area contributed by atoms with Crippen molar-refractivity contribution in [3.63, 3.8) is 0 Å². The average Bonchev–Trinajstić information content (AvgIpc) is 2.81. The summed E-state index contributed by atoms with van der Waals surface area (Å²) in [7, 11) is 1.66. The summed E-state index contributed by atoms with van der Waals surface area (Å²) in [5.74, 6) is -0.0272. The Bertz CT molecular complexity index is 408. The summed E-state index contributed by atoms with van der Waals surface area (Å²) in [5, 5.41) is 6.02. The van der Waals surface area contributed by atoms with Gasteiger partial charge in [0.15, 0.2) is 0 Å². The molecule has 2 N–H and O–H groups in total. The summed E-state index contributed by atoms with van der Waals surface area (Å²) in [6, 6.07) is 1.69. The smallest absolute Gasteiger partial charge is 0.241 e. The molecule has 0 radical (unpaired) electrons. The van der Waals surface area contributed by atoms with E-state index in [0.717, 1.165) is 17.8 Å². The number of amides is 1. The Kier molecular flexibility index (Phi) is 3.71. The number of pyridine rings is 1. The summed E-state index contributed by atoms with van der Waals surface area (Å²) in [6.45, 7) is 2.66. The van der Waals surface area contributed by atoms with Gasteiger partial charge in [0.2, 0.25) is 5.91 Å². The van der Waals surface area contributed by atoms with Crippen LogP contribution in [0.1, 0.15) is 12.0 Å². The first-order valence-corrected chi connectivity index (χ1v) is 5.68. The Labute approximate surface area is 101 Å². The normalized spacial score (nSPS) is 23.6. The lowest BCUT2D eigenvalue weighted by Gasteiger charge is -2.12. The van der Waals surface area contributed by atoms with Crippen molar-refractivity contribution < 1.29 is 9.53 Å². The average molecular weight is 235 g/mol. The predicted octanol–water partition coefficient (Wildman–Crippen LogP) is 0.705. The van der Waals surface area contributed by atoms with Gasteiger partial charge in [0, 0.05) is 19.9 Å². The molecule has 0 aliphatic carbocycles. The van der Waals surface area contributed by atoms with Gasteiger partial charge in [-0.1, -0.05) is 0 Å². The topological polar surface area (TPSA) is 63.2 Å². The van der Waals surface area contributed by atoms with Gasteiger partial charge in [-0.25, -0.2) is 0 Å². The van der Waals surface area contributed by atoms with Crippen molar-refractivity contribution in [1.82, 2.24) is 10.3 Å². The van der Waals surface area contributed by atoms with Gasteiger partial charge < -0.3 is 15.4 Å². The Morgan fingerprint density at radius 2 is 2.47 bits per heavy atom. The number of methoxy groups -OCH3 is 1. The number of aryl methyl sites for hydroxylation is 1. The second kappa shape index (κ2) is 5.25. The molecule has 1 aliphatic rings. The van der Waals surface area contributed by atoms with Gasteiger partial charge in [0.1, 0.15) is 0 Å². The van der Waals surface area contributed by atoms with Crippen LogP contribution in [0.2, 0.25) is 0 Å². The number of hydrogen-bond acceptors (Lipinski definition) is 4. The number of nitrogens with one attached hydrogen (secondary N) is 2. The summed E-state index contributed by atoms with van der Waals surface area (Å²) >= 11 is 0. The van der Waals surface area contributed by atoms with Crippen molar-refractivity contribution in [3.8, 4) is 0 Å². The van der Waals surface area contributed by atoms with Gasteiger partial charge >= 0.3 is 0 Å². The summed E-state index contributed by atoms with van der Waals surface area (Å²) in [5.41, 5.74) is 1.77. The fourth-order valence-electron chi connectivity index (χ4n) is 1.90. The minimum absolute atomic E-state index is 0.0272. The Morgan fingerprint density at radius 3 is 3.12 bits per heavy atom. The van der Waals surface area contributed by atoms with Gasteiger partial charge in [-0.3, -0.25) is 9.78 Å². The van der Waals surface area contributed by atoms with Crippen LogP contribution >= 0.6 is 0 Å². The lowest BCUT2D eigenvalue weighted by atomic mass is 10.2. The highest BCUT2D eigenvalue weighted by Crippen LogP contribution is 2.15. The summed E-state index contributed by atoms with van der Waals surface area (Å²) in [4.78, 5) is 16.0. The minimum atomic E-state index is -0.181. The van der Waals surface area contributed by atoms with Crippen LogP contribution in [0.25, 0.3) is 0 Å². The van der Waals surface area contributed by atoms with E-state index in [1.54, 1.807) is 19.5 Å². The molecule has 1 saturated heterocycles. The highest BCUT2D eigenvalue weighted by Gasteiger charge is 2.29. The number of carbonyl (C=O) groups excluding carboxylic acids is 1. The van der Waals surface area contributed by atoms with E-state index in [9.17, 15) is 4.79 Å². The number of carbonyl (C=O) groups is 1. The van der Waals surface area contributed by atoms with Crippen molar-refractivity contribution in [2.45, 2.75) is 25.5 Å². The Hall–Kier alpha value is -1.46. The minimum Gasteiger partial charge on any atom is -0.380 e. The van der Waals surface area contributed by atoms with Gasteiger partial charge in [-0.15, -0.1) is 0 Å². The number of rotatable bonds is 3. The number of aromatic nitrogens is 1. The summed E-state index contributed by atoms with van der Waals surface area (Å²) < 4.78 is 5.21. The van der Waals surface area contributed by atoms with E-state index in [-0.39, 0.29) is 18.1 Å². The quantitative estimate of drug-likeness (QED) is 0.809. The maximum atomic E-state index is 12.0. The maximum absolute atomic E-state index is 12.0. The largest absolute Gasteiger partial charge is 0.380 e. The van der Waals surface area contributed by atoms with Crippen LogP contribution in [0.3, 0.4) is 0 Å². The van der Waals surface area contributed by atoms with Crippen LogP contribution in [0.5, 0.6) is 0 Å².